The van der Waals surface area contributed by atoms with Gasteiger partial charge in [0, 0.05) is 23.6 Å². The van der Waals surface area contributed by atoms with Crippen molar-refractivity contribution in [2.75, 3.05) is 25.1 Å². The van der Waals surface area contributed by atoms with Crippen LogP contribution in [0.4, 0.5) is 0 Å². The lowest BCUT2D eigenvalue weighted by Crippen LogP contribution is -2.32. The molecular formula is C8H19NO2S. The van der Waals surface area contributed by atoms with Crippen molar-refractivity contribution in [2.24, 2.45) is 5.92 Å². The number of aliphatic hydroxyl groups is 1. The fourth-order valence-electron chi connectivity index (χ4n) is 0.868. The van der Waals surface area contributed by atoms with Gasteiger partial charge in [0.1, 0.15) is 0 Å². The minimum Gasteiger partial charge on any atom is -0.391 e. The molecule has 2 N–H and O–H groups in total. The monoisotopic (exact) mass is 193 g/mol. The second kappa shape index (κ2) is 6.57. The minimum atomic E-state index is -0.900. The van der Waals surface area contributed by atoms with Gasteiger partial charge in [-0.3, -0.25) is 4.21 Å². The van der Waals surface area contributed by atoms with Crippen molar-refractivity contribution in [2.45, 2.75) is 20.0 Å². The van der Waals surface area contributed by atoms with E-state index in [0.29, 0.717) is 18.2 Å². The van der Waals surface area contributed by atoms with E-state index in [9.17, 15) is 9.32 Å². The summed E-state index contributed by atoms with van der Waals surface area (Å²) in [6, 6.07) is 0. The summed E-state index contributed by atoms with van der Waals surface area (Å²) in [5, 5.41) is 12.4. The lowest BCUT2D eigenvalue weighted by Gasteiger charge is -2.11. The highest BCUT2D eigenvalue weighted by molar-refractivity contribution is 7.84. The van der Waals surface area contributed by atoms with Crippen LogP contribution in [0.25, 0.3) is 0 Å². The van der Waals surface area contributed by atoms with E-state index in [2.05, 4.69) is 19.2 Å². The summed E-state index contributed by atoms with van der Waals surface area (Å²) in [6.07, 6.45) is 1.13. The van der Waals surface area contributed by atoms with Crippen molar-refractivity contribution >= 4 is 10.8 Å². The van der Waals surface area contributed by atoms with Crippen LogP contribution in [0.1, 0.15) is 13.8 Å². The molecule has 0 amide bonds. The van der Waals surface area contributed by atoms with Gasteiger partial charge in [-0.15, -0.1) is 0 Å². The molecule has 0 bridgehead atoms. The normalized spacial score (nSPS) is 16.4. The highest BCUT2D eigenvalue weighted by Gasteiger charge is 2.05. The molecule has 0 fully saturated rings. The Bertz CT molecular complexity index is 139. The average molecular weight is 193 g/mol. The van der Waals surface area contributed by atoms with E-state index in [0.717, 1.165) is 6.54 Å². The zero-order valence-electron chi connectivity index (χ0n) is 8.04. The van der Waals surface area contributed by atoms with Gasteiger partial charge in [-0.05, 0) is 12.5 Å². The molecule has 0 aliphatic heterocycles. The molecule has 0 radical (unpaired) electrons. The van der Waals surface area contributed by atoms with Crippen LogP contribution < -0.4 is 5.32 Å². The molecule has 0 aliphatic rings. The maximum absolute atomic E-state index is 10.7. The fourth-order valence-corrected chi connectivity index (χ4v) is 1.53. The lowest BCUT2D eigenvalue weighted by atomic mass is 10.2. The summed E-state index contributed by atoms with van der Waals surface area (Å²) in [5.41, 5.74) is 0. The topological polar surface area (TPSA) is 49.3 Å². The van der Waals surface area contributed by atoms with E-state index >= 15 is 0 Å². The predicted octanol–water partition coefficient (Wildman–Crippen LogP) is -0.0286. The average Bonchev–Trinajstić information content (AvgIpc) is 1.84. The van der Waals surface area contributed by atoms with Crippen molar-refractivity contribution in [1.29, 1.82) is 0 Å². The SMILES string of the molecule is CC(C)CNCC(O)CS(C)=O. The first-order valence-electron chi connectivity index (χ1n) is 4.21. The Morgan fingerprint density at radius 2 is 2.00 bits per heavy atom. The Morgan fingerprint density at radius 3 is 2.42 bits per heavy atom. The summed E-state index contributed by atoms with van der Waals surface area (Å²) in [7, 11) is -0.900. The standard InChI is InChI=1S/C8H19NO2S/c1-7(2)4-9-5-8(10)6-12(3)11/h7-10H,4-6H2,1-3H3. The zero-order chi connectivity index (χ0) is 9.56. The first-order valence-corrected chi connectivity index (χ1v) is 5.94. The molecule has 0 aliphatic carbocycles. The summed E-state index contributed by atoms with van der Waals surface area (Å²) < 4.78 is 10.7. The third-order valence-corrected chi connectivity index (χ3v) is 2.21. The summed E-state index contributed by atoms with van der Waals surface area (Å²) in [4.78, 5) is 0. The summed E-state index contributed by atoms with van der Waals surface area (Å²) in [6.45, 7) is 5.65. The van der Waals surface area contributed by atoms with Gasteiger partial charge in [0.2, 0.25) is 0 Å². The highest BCUT2D eigenvalue weighted by Crippen LogP contribution is 1.89. The van der Waals surface area contributed by atoms with Crippen molar-refractivity contribution in [3.8, 4) is 0 Å². The maximum Gasteiger partial charge on any atom is 0.0779 e. The largest absolute Gasteiger partial charge is 0.391 e. The zero-order valence-corrected chi connectivity index (χ0v) is 8.86. The Hall–Kier alpha value is 0.0700. The molecule has 0 saturated carbocycles. The van der Waals surface area contributed by atoms with Gasteiger partial charge in [0.25, 0.3) is 0 Å². The molecule has 0 aromatic heterocycles. The number of hydrogen-bond acceptors (Lipinski definition) is 3. The molecule has 12 heavy (non-hydrogen) atoms. The Morgan fingerprint density at radius 1 is 1.42 bits per heavy atom. The molecule has 0 saturated heterocycles. The van der Waals surface area contributed by atoms with Crippen LogP contribution in [0.15, 0.2) is 0 Å². The molecule has 0 heterocycles. The van der Waals surface area contributed by atoms with Crippen LogP contribution in [-0.4, -0.2) is 40.5 Å². The Balaban J connectivity index is 3.31. The third-order valence-electron chi connectivity index (χ3n) is 1.36. The maximum atomic E-state index is 10.7. The van der Waals surface area contributed by atoms with Gasteiger partial charge in [-0.1, -0.05) is 13.8 Å². The molecule has 0 aromatic rings. The van der Waals surface area contributed by atoms with Gasteiger partial charge in [0.05, 0.1) is 11.9 Å². The predicted molar refractivity (Wildman–Crippen MR) is 52.6 cm³/mol. The number of rotatable bonds is 6. The molecule has 74 valence electrons. The third kappa shape index (κ3) is 8.17. The summed E-state index contributed by atoms with van der Waals surface area (Å²) >= 11 is 0. The molecule has 0 rings (SSSR count). The van der Waals surface area contributed by atoms with E-state index in [1.54, 1.807) is 6.26 Å². The van der Waals surface area contributed by atoms with Crippen LogP contribution in [0, 0.1) is 5.92 Å². The van der Waals surface area contributed by atoms with Gasteiger partial charge in [-0.25, -0.2) is 0 Å². The first-order chi connectivity index (χ1) is 5.52. The molecule has 0 aromatic carbocycles. The van der Waals surface area contributed by atoms with E-state index in [1.807, 2.05) is 0 Å². The lowest BCUT2D eigenvalue weighted by molar-refractivity contribution is 0.193. The van der Waals surface area contributed by atoms with Gasteiger partial charge >= 0.3 is 0 Å². The van der Waals surface area contributed by atoms with Crippen molar-refractivity contribution in [3.63, 3.8) is 0 Å². The van der Waals surface area contributed by atoms with E-state index in [4.69, 9.17) is 0 Å². The molecule has 2 unspecified atom stereocenters. The van der Waals surface area contributed by atoms with Crippen LogP contribution in [0.5, 0.6) is 0 Å². The number of aliphatic hydroxyl groups excluding tert-OH is 1. The van der Waals surface area contributed by atoms with E-state index in [-0.39, 0.29) is 0 Å². The number of nitrogens with one attached hydrogen (secondary N) is 1. The van der Waals surface area contributed by atoms with Crippen molar-refractivity contribution in [1.82, 2.24) is 5.32 Å². The van der Waals surface area contributed by atoms with Crippen LogP contribution in [-0.2, 0) is 10.8 Å². The Labute approximate surface area is 77.0 Å². The Kier molecular flexibility index (Phi) is 6.61. The van der Waals surface area contributed by atoms with Gasteiger partial charge < -0.3 is 10.4 Å². The fraction of sp³-hybridized carbons (Fsp3) is 1.00. The highest BCUT2D eigenvalue weighted by atomic mass is 32.2. The second-order valence-electron chi connectivity index (χ2n) is 3.45. The van der Waals surface area contributed by atoms with Crippen molar-refractivity contribution < 1.29 is 9.32 Å². The molecule has 2 atom stereocenters. The van der Waals surface area contributed by atoms with E-state index < -0.39 is 16.9 Å². The van der Waals surface area contributed by atoms with Gasteiger partial charge in [-0.2, -0.15) is 0 Å². The second-order valence-corrected chi connectivity index (χ2v) is 4.93. The van der Waals surface area contributed by atoms with Crippen LogP contribution >= 0.6 is 0 Å². The number of hydrogen-bond donors (Lipinski definition) is 2. The smallest absolute Gasteiger partial charge is 0.0779 e. The van der Waals surface area contributed by atoms with Gasteiger partial charge in [0.15, 0.2) is 0 Å². The van der Waals surface area contributed by atoms with E-state index in [1.165, 1.54) is 0 Å². The molecule has 0 spiro atoms. The summed E-state index contributed by atoms with van der Waals surface area (Å²) in [5.74, 6) is 0.954. The molecule has 4 heteroatoms. The minimum absolute atomic E-state index is 0.366. The van der Waals surface area contributed by atoms with Crippen molar-refractivity contribution in [3.05, 3.63) is 0 Å². The van der Waals surface area contributed by atoms with Crippen LogP contribution in [0.2, 0.25) is 0 Å². The molecular weight excluding hydrogens is 174 g/mol. The van der Waals surface area contributed by atoms with Crippen LogP contribution in [0.3, 0.4) is 0 Å². The quantitative estimate of drug-likeness (QED) is 0.623. The first kappa shape index (κ1) is 12.1. The molecule has 3 nitrogen and oxygen atoms in total.